The Hall–Kier alpha value is -1.05. The van der Waals surface area contributed by atoms with Crippen LogP contribution in [0.5, 0.6) is 0 Å². The fourth-order valence-electron chi connectivity index (χ4n) is 3.54. The molecule has 1 saturated carbocycles. The zero-order valence-electron chi connectivity index (χ0n) is 10.5. The van der Waals surface area contributed by atoms with Crippen LogP contribution in [0.15, 0.2) is 16.7 Å². The first-order valence-electron chi connectivity index (χ1n) is 6.11. The van der Waals surface area contributed by atoms with Crippen LogP contribution in [0, 0.1) is 23.7 Å². The van der Waals surface area contributed by atoms with Crippen LogP contribution in [-0.4, -0.2) is 5.16 Å². The maximum Gasteiger partial charge on any atom is 0.163 e. The van der Waals surface area contributed by atoms with Gasteiger partial charge in [0.2, 0.25) is 0 Å². The van der Waals surface area contributed by atoms with Gasteiger partial charge in [0.05, 0.1) is 5.69 Å². The van der Waals surface area contributed by atoms with E-state index in [9.17, 15) is 0 Å². The van der Waals surface area contributed by atoms with Gasteiger partial charge in [0.15, 0.2) is 5.76 Å². The number of hydrogen-bond acceptors (Lipinski definition) is 2. The summed E-state index contributed by atoms with van der Waals surface area (Å²) >= 11 is 0. The van der Waals surface area contributed by atoms with E-state index in [1.54, 1.807) is 0 Å². The van der Waals surface area contributed by atoms with Crippen molar-refractivity contribution in [3.8, 4) is 0 Å². The van der Waals surface area contributed by atoms with Gasteiger partial charge in [-0.3, -0.25) is 0 Å². The lowest BCUT2D eigenvalue weighted by Gasteiger charge is -2.36. The van der Waals surface area contributed by atoms with Crippen molar-refractivity contribution in [2.45, 2.75) is 40.5 Å². The monoisotopic (exact) mass is 217 g/mol. The third-order valence-electron chi connectivity index (χ3n) is 5.16. The van der Waals surface area contributed by atoms with E-state index < -0.39 is 0 Å². The Kier molecular flexibility index (Phi) is 1.77. The summed E-state index contributed by atoms with van der Waals surface area (Å²) in [5.41, 5.74) is 2.99. The molecule has 0 saturated heterocycles. The normalized spacial score (nSPS) is 35.5. The zero-order valence-corrected chi connectivity index (χ0v) is 10.5. The summed E-state index contributed by atoms with van der Waals surface area (Å²) in [5, 5.41) is 4.01. The Balaban J connectivity index is 2.09. The van der Waals surface area contributed by atoms with Crippen LogP contribution in [0.2, 0.25) is 0 Å². The predicted octanol–water partition coefficient (Wildman–Crippen LogP) is 3.82. The van der Waals surface area contributed by atoms with Crippen LogP contribution >= 0.6 is 0 Å². The van der Waals surface area contributed by atoms with Gasteiger partial charge in [0, 0.05) is 17.1 Å². The number of hydrogen-bond donors (Lipinski definition) is 0. The summed E-state index contributed by atoms with van der Waals surface area (Å²) in [6.07, 6.45) is 5.01. The molecule has 2 atom stereocenters. The summed E-state index contributed by atoms with van der Waals surface area (Å²) in [6, 6.07) is 2.06. The maximum absolute atomic E-state index is 5.44. The van der Waals surface area contributed by atoms with E-state index >= 15 is 0 Å². The van der Waals surface area contributed by atoms with Crippen LogP contribution in [0.25, 0.3) is 5.57 Å². The number of aryl methyl sites for hydroxylation is 1. The number of nitrogens with zero attached hydrogens (tertiary/aromatic N) is 1. The molecule has 1 aromatic rings. The standard InChI is InChI=1S/C14H19NO/c1-9-7-12(16-15-9)11-8-10-5-6-14(11,4)13(10,2)3/h7-8,10H,5-6H2,1-4H3. The van der Waals surface area contributed by atoms with Crippen LogP contribution in [0.1, 0.15) is 45.1 Å². The molecule has 2 unspecified atom stereocenters. The first-order valence-corrected chi connectivity index (χ1v) is 6.11. The molecule has 0 aliphatic heterocycles. The molecule has 2 aliphatic carbocycles. The minimum Gasteiger partial charge on any atom is -0.356 e. The van der Waals surface area contributed by atoms with Gasteiger partial charge in [-0.05, 0) is 31.1 Å². The Bertz CT molecular complexity index is 469. The third kappa shape index (κ3) is 1.00. The van der Waals surface area contributed by atoms with Gasteiger partial charge >= 0.3 is 0 Å². The smallest absolute Gasteiger partial charge is 0.163 e. The second-order valence-corrected chi connectivity index (χ2v) is 6.11. The fraction of sp³-hybridized carbons (Fsp3) is 0.643. The van der Waals surface area contributed by atoms with Gasteiger partial charge in [0.1, 0.15) is 0 Å². The van der Waals surface area contributed by atoms with Crippen LogP contribution in [0.4, 0.5) is 0 Å². The molecule has 0 amide bonds. The molecule has 2 bridgehead atoms. The molecule has 1 fully saturated rings. The molecule has 1 heterocycles. The second kappa shape index (κ2) is 2.79. The van der Waals surface area contributed by atoms with Gasteiger partial charge in [-0.1, -0.05) is 32.0 Å². The van der Waals surface area contributed by atoms with Crippen LogP contribution in [-0.2, 0) is 0 Å². The highest BCUT2D eigenvalue weighted by Gasteiger charge is 2.57. The lowest BCUT2D eigenvalue weighted by atomic mass is 9.67. The Morgan fingerprint density at radius 3 is 2.56 bits per heavy atom. The molecule has 2 nitrogen and oxygen atoms in total. The number of rotatable bonds is 1. The summed E-state index contributed by atoms with van der Waals surface area (Å²) in [4.78, 5) is 0. The van der Waals surface area contributed by atoms with Gasteiger partial charge < -0.3 is 4.52 Å². The maximum atomic E-state index is 5.44. The number of allylic oxidation sites excluding steroid dienone is 2. The summed E-state index contributed by atoms with van der Waals surface area (Å²) in [5.74, 6) is 1.69. The van der Waals surface area contributed by atoms with E-state index in [4.69, 9.17) is 4.52 Å². The van der Waals surface area contributed by atoms with E-state index in [1.807, 2.05) is 6.92 Å². The highest BCUT2D eigenvalue weighted by Crippen LogP contribution is 2.67. The molecule has 0 spiro atoms. The van der Waals surface area contributed by atoms with Gasteiger partial charge in [-0.15, -0.1) is 0 Å². The predicted molar refractivity (Wildman–Crippen MR) is 63.8 cm³/mol. The van der Waals surface area contributed by atoms with Crippen LogP contribution in [0.3, 0.4) is 0 Å². The number of fused-ring (bicyclic) bond motifs is 2. The molecule has 2 aliphatic rings. The largest absolute Gasteiger partial charge is 0.356 e. The van der Waals surface area contributed by atoms with Crippen molar-refractivity contribution in [1.82, 2.24) is 5.16 Å². The van der Waals surface area contributed by atoms with Gasteiger partial charge in [-0.25, -0.2) is 0 Å². The van der Waals surface area contributed by atoms with Crippen molar-refractivity contribution in [3.63, 3.8) is 0 Å². The van der Waals surface area contributed by atoms with Crippen molar-refractivity contribution < 1.29 is 4.52 Å². The van der Waals surface area contributed by atoms with E-state index in [2.05, 4.69) is 38.1 Å². The molecule has 0 aromatic carbocycles. The molecule has 1 aromatic heterocycles. The van der Waals surface area contributed by atoms with Crippen molar-refractivity contribution in [2.75, 3.05) is 0 Å². The first-order chi connectivity index (χ1) is 7.45. The minimum absolute atomic E-state index is 0.267. The molecular formula is C14H19NO. The van der Waals surface area contributed by atoms with Crippen LogP contribution < -0.4 is 0 Å². The molecule has 0 radical (unpaired) electrons. The Morgan fingerprint density at radius 2 is 2.12 bits per heavy atom. The molecule has 3 rings (SSSR count). The van der Waals surface area contributed by atoms with E-state index in [1.165, 1.54) is 18.4 Å². The molecule has 16 heavy (non-hydrogen) atoms. The molecule has 2 heteroatoms. The molecule has 86 valence electrons. The van der Waals surface area contributed by atoms with E-state index in [0.29, 0.717) is 11.3 Å². The first kappa shape index (κ1) is 10.1. The lowest BCUT2D eigenvalue weighted by molar-refractivity contribution is 0.187. The number of aromatic nitrogens is 1. The summed E-state index contributed by atoms with van der Waals surface area (Å²) < 4.78 is 5.44. The highest BCUT2D eigenvalue weighted by atomic mass is 16.5. The molecule has 0 N–H and O–H groups in total. The highest BCUT2D eigenvalue weighted by molar-refractivity contribution is 5.72. The molecular weight excluding hydrogens is 198 g/mol. The van der Waals surface area contributed by atoms with Crippen molar-refractivity contribution in [3.05, 3.63) is 23.6 Å². The minimum atomic E-state index is 0.267. The van der Waals surface area contributed by atoms with Crippen molar-refractivity contribution in [2.24, 2.45) is 16.7 Å². The van der Waals surface area contributed by atoms with E-state index in [-0.39, 0.29) is 5.41 Å². The van der Waals surface area contributed by atoms with Crippen molar-refractivity contribution in [1.29, 1.82) is 0 Å². The lowest BCUT2D eigenvalue weighted by Crippen LogP contribution is -2.29. The average molecular weight is 217 g/mol. The fourth-order valence-corrected chi connectivity index (χ4v) is 3.54. The van der Waals surface area contributed by atoms with Crippen molar-refractivity contribution >= 4 is 5.57 Å². The Labute approximate surface area is 96.7 Å². The SMILES string of the molecule is Cc1cc(C2=CC3CCC2(C)C3(C)C)on1. The average Bonchev–Trinajstić information content (AvgIpc) is 2.77. The van der Waals surface area contributed by atoms with Gasteiger partial charge in [0.25, 0.3) is 0 Å². The zero-order chi connectivity index (χ0) is 11.6. The second-order valence-electron chi connectivity index (χ2n) is 6.11. The quantitative estimate of drug-likeness (QED) is 0.714. The summed E-state index contributed by atoms with van der Waals surface area (Å²) in [6.45, 7) is 9.13. The topological polar surface area (TPSA) is 26.0 Å². The summed E-state index contributed by atoms with van der Waals surface area (Å²) in [7, 11) is 0. The van der Waals surface area contributed by atoms with Gasteiger partial charge in [-0.2, -0.15) is 0 Å². The third-order valence-corrected chi connectivity index (χ3v) is 5.16. The Morgan fingerprint density at radius 1 is 1.38 bits per heavy atom. The van der Waals surface area contributed by atoms with E-state index in [0.717, 1.165) is 11.5 Å².